The van der Waals surface area contributed by atoms with E-state index in [1.165, 1.54) is 16.9 Å². The van der Waals surface area contributed by atoms with Crippen LogP contribution in [0.3, 0.4) is 0 Å². The summed E-state index contributed by atoms with van der Waals surface area (Å²) >= 11 is 1.43. The number of rotatable bonds is 6. The molecule has 106 valence electrons. The van der Waals surface area contributed by atoms with Crippen molar-refractivity contribution in [1.29, 1.82) is 0 Å². The number of thiazole rings is 1. The molecule has 0 aliphatic rings. The molecule has 1 aromatic carbocycles. The first-order valence-corrected chi connectivity index (χ1v) is 7.28. The van der Waals surface area contributed by atoms with Crippen LogP contribution in [0.2, 0.25) is 0 Å². The van der Waals surface area contributed by atoms with Crippen LogP contribution in [0.4, 0.5) is 0 Å². The molecule has 0 unspecified atom stereocenters. The number of benzene rings is 1. The van der Waals surface area contributed by atoms with E-state index >= 15 is 0 Å². The van der Waals surface area contributed by atoms with E-state index in [2.05, 4.69) is 23.4 Å². The Morgan fingerprint density at radius 1 is 1.50 bits per heavy atom. The molecule has 0 aliphatic carbocycles. The number of aryl methyl sites for hydroxylation is 1. The third-order valence-electron chi connectivity index (χ3n) is 2.81. The number of aromatic nitrogens is 1. The first kappa shape index (κ1) is 14.5. The summed E-state index contributed by atoms with van der Waals surface area (Å²) in [6.07, 6.45) is 1.65. The second-order valence-electron chi connectivity index (χ2n) is 4.20. The van der Waals surface area contributed by atoms with Crippen molar-refractivity contribution in [3.8, 4) is 5.75 Å². The molecule has 0 aliphatic heterocycles. The van der Waals surface area contributed by atoms with Crippen LogP contribution in [0, 0.1) is 0 Å². The highest BCUT2D eigenvalue weighted by Gasteiger charge is 2.09. The molecule has 0 atom stereocenters. The van der Waals surface area contributed by atoms with Crippen LogP contribution in [0.1, 0.15) is 28.0 Å². The topological polar surface area (TPSA) is 77.2 Å². The van der Waals surface area contributed by atoms with Crippen molar-refractivity contribution in [2.75, 3.05) is 6.61 Å². The van der Waals surface area contributed by atoms with Crippen molar-refractivity contribution >= 4 is 17.2 Å². The molecule has 0 spiro atoms. The van der Waals surface area contributed by atoms with Crippen molar-refractivity contribution in [2.45, 2.75) is 19.8 Å². The standard InChI is InChI=1S/C14H17N3O2S/c1-2-10-4-3-5-11(8-10)19-7-6-13-16-12(9-20-13)14(18)17-15/h3-5,8-9H,2,6-7,15H2,1H3,(H,17,18). The summed E-state index contributed by atoms with van der Waals surface area (Å²) in [5.74, 6) is 5.55. The average molecular weight is 291 g/mol. The number of hydrazine groups is 1. The summed E-state index contributed by atoms with van der Waals surface area (Å²) in [4.78, 5) is 15.5. The quantitative estimate of drug-likeness (QED) is 0.484. The van der Waals surface area contributed by atoms with Crippen LogP contribution >= 0.6 is 11.3 Å². The Kier molecular flexibility index (Phi) is 5.09. The Morgan fingerprint density at radius 2 is 2.35 bits per heavy atom. The second kappa shape index (κ2) is 7.02. The van der Waals surface area contributed by atoms with Crippen LogP contribution < -0.4 is 16.0 Å². The van der Waals surface area contributed by atoms with Gasteiger partial charge in [-0.15, -0.1) is 11.3 Å². The molecule has 0 bridgehead atoms. The molecule has 0 radical (unpaired) electrons. The monoisotopic (exact) mass is 291 g/mol. The van der Waals surface area contributed by atoms with Gasteiger partial charge in [0.15, 0.2) is 0 Å². The summed E-state index contributed by atoms with van der Waals surface area (Å²) in [6, 6.07) is 8.04. The average Bonchev–Trinajstić information content (AvgIpc) is 2.95. The lowest BCUT2D eigenvalue weighted by atomic mass is 10.2. The van der Waals surface area contributed by atoms with Crippen molar-refractivity contribution in [2.24, 2.45) is 5.84 Å². The SMILES string of the molecule is CCc1cccc(OCCc2nc(C(=O)NN)cs2)c1. The van der Waals surface area contributed by atoms with Gasteiger partial charge in [0, 0.05) is 11.8 Å². The van der Waals surface area contributed by atoms with E-state index in [-0.39, 0.29) is 5.91 Å². The maximum absolute atomic E-state index is 11.3. The van der Waals surface area contributed by atoms with Crippen LogP contribution in [-0.2, 0) is 12.8 Å². The first-order valence-electron chi connectivity index (χ1n) is 6.40. The molecule has 0 saturated carbocycles. The van der Waals surface area contributed by atoms with Crippen molar-refractivity contribution in [1.82, 2.24) is 10.4 Å². The molecule has 6 heteroatoms. The fraction of sp³-hybridized carbons (Fsp3) is 0.286. The number of nitrogen functional groups attached to an aromatic ring is 1. The summed E-state index contributed by atoms with van der Waals surface area (Å²) in [6.45, 7) is 2.64. The molecule has 0 fully saturated rings. The fourth-order valence-electron chi connectivity index (χ4n) is 1.72. The fourth-order valence-corrected chi connectivity index (χ4v) is 2.47. The van der Waals surface area contributed by atoms with E-state index in [1.54, 1.807) is 5.38 Å². The van der Waals surface area contributed by atoms with E-state index in [1.807, 2.05) is 18.2 Å². The highest BCUT2D eigenvalue weighted by molar-refractivity contribution is 7.09. The molecule has 1 amide bonds. The van der Waals surface area contributed by atoms with Crippen LogP contribution in [0.25, 0.3) is 0 Å². The number of hydrogen-bond donors (Lipinski definition) is 2. The number of nitrogens with zero attached hydrogens (tertiary/aromatic N) is 1. The molecule has 5 nitrogen and oxygen atoms in total. The minimum absolute atomic E-state index is 0.348. The van der Waals surface area contributed by atoms with Gasteiger partial charge in [0.1, 0.15) is 11.4 Å². The number of ether oxygens (including phenoxy) is 1. The summed E-state index contributed by atoms with van der Waals surface area (Å²) in [7, 11) is 0. The predicted octanol–water partition coefficient (Wildman–Crippen LogP) is 1.93. The normalized spacial score (nSPS) is 10.3. The highest BCUT2D eigenvalue weighted by atomic mass is 32.1. The second-order valence-corrected chi connectivity index (χ2v) is 5.14. The molecule has 0 saturated heterocycles. The molecular formula is C14H17N3O2S. The van der Waals surface area contributed by atoms with E-state index in [0.29, 0.717) is 18.7 Å². The minimum atomic E-state index is -0.371. The van der Waals surface area contributed by atoms with Gasteiger partial charge in [-0.2, -0.15) is 0 Å². The lowest BCUT2D eigenvalue weighted by Crippen LogP contribution is -2.30. The number of hydrogen-bond acceptors (Lipinski definition) is 5. The number of carbonyl (C=O) groups is 1. The molecular weight excluding hydrogens is 274 g/mol. The number of nitrogens with one attached hydrogen (secondary N) is 1. The predicted molar refractivity (Wildman–Crippen MR) is 78.8 cm³/mol. The number of carbonyl (C=O) groups excluding carboxylic acids is 1. The third kappa shape index (κ3) is 3.79. The van der Waals surface area contributed by atoms with Gasteiger partial charge in [0.2, 0.25) is 0 Å². The molecule has 1 heterocycles. The van der Waals surface area contributed by atoms with E-state index in [0.717, 1.165) is 17.2 Å². The van der Waals surface area contributed by atoms with Crippen molar-refractivity contribution < 1.29 is 9.53 Å². The summed E-state index contributed by atoms with van der Waals surface area (Å²) in [5.41, 5.74) is 3.66. The third-order valence-corrected chi connectivity index (χ3v) is 3.72. The zero-order chi connectivity index (χ0) is 14.4. The van der Waals surface area contributed by atoms with Gasteiger partial charge in [-0.3, -0.25) is 10.2 Å². The van der Waals surface area contributed by atoms with Crippen LogP contribution in [0.15, 0.2) is 29.6 Å². The Morgan fingerprint density at radius 3 is 3.10 bits per heavy atom. The van der Waals surface area contributed by atoms with E-state index < -0.39 is 0 Å². The molecule has 2 rings (SSSR count). The maximum atomic E-state index is 11.3. The summed E-state index contributed by atoms with van der Waals surface area (Å²) in [5, 5.41) is 2.55. The van der Waals surface area contributed by atoms with Gasteiger partial charge < -0.3 is 4.74 Å². The van der Waals surface area contributed by atoms with Gasteiger partial charge in [-0.25, -0.2) is 10.8 Å². The van der Waals surface area contributed by atoms with Crippen molar-refractivity contribution in [3.05, 3.63) is 45.9 Å². The lowest BCUT2D eigenvalue weighted by Gasteiger charge is -2.06. The van der Waals surface area contributed by atoms with Gasteiger partial charge in [0.25, 0.3) is 5.91 Å². The van der Waals surface area contributed by atoms with Crippen LogP contribution in [-0.4, -0.2) is 17.5 Å². The Labute approximate surface area is 121 Å². The Hall–Kier alpha value is -1.92. The van der Waals surface area contributed by atoms with E-state index in [4.69, 9.17) is 10.6 Å². The molecule has 2 aromatic rings. The maximum Gasteiger partial charge on any atom is 0.284 e. The van der Waals surface area contributed by atoms with Gasteiger partial charge >= 0.3 is 0 Å². The molecule has 3 N–H and O–H groups in total. The number of amides is 1. The Balaban J connectivity index is 1.86. The number of nitrogens with two attached hydrogens (primary N) is 1. The van der Waals surface area contributed by atoms with Crippen LogP contribution in [0.5, 0.6) is 5.75 Å². The highest BCUT2D eigenvalue weighted by Crippen LogP contribution is 2.15. The zero-order valence-corrected chi connectivity index (χ0v) is 12.1. The van der Waals surface area contributed by atoms with Gasteiger partial charge in [-0.05, 0) is 24.1 Å². The smallest absolute Gasteiger partial charge is 0.284 e. The van der Waals surface area contributed by atoms with Gasteiger partial charge in [0.05, 0.1) is 11.6 Å². The minimum Gasteiger partial charge on any atom is -0.493 e. The lowest BCUT2D eigenvalue weighted by molar-refractivity contribution is 0.0949. The first-order chi connectivity index (χ1) is 9.72. The summed E-state index contributed by atoms with van der Waals surface area (Å²) < 4.78 is 5.69. The van der Waals surface area contributed by atoms with E-state index in [9.17, 15) is 4.79 Å². The van der Waals surface area contributed by atoms with Gasteiger partial charge in [-0.1, -0.05) is 19.1 Å². The molecule has 1 aromatic heterocycles. The van der Waals surface area contributed by atoms with Crippen molar-refractivity contribution in [3.63, 3.8) is 0 Å². The Bertz CT molecular complexity index is 583. The zero-order valence-electron chi connectivity index (χ0n) is 11.3. The molecule has 20 heavy (non-hydrogen) atoms. The largest absolute Gasteiger partial charge is 0.493 e.